The fraction of sp³-hybridized carbons (Fsp3) is 0.455. The number of benzene rings is 1. The molecule has 1 aliphatic carbocycles. The van der Waals surface area contributed by atoms with Crippen molar-refractivity contribution < 1.29 is 14.8 Å². The highest BCUT2D eigenvalue weighted by atomic mass is 17.2. The van der Waals surface area contributed by atoms with Gasteiger partial charge < -0.3 is 9.91 Å². The molecule has 1 unspecified atom stereocenters. The first-order valence-electron chi connectivity index (χ1n) is 5.24. The van der Waals surface area contributed by atoms with Crippen LogP contribution >= 0.6 is 0 Å². The zero-order valence-electron chi connectivity index (χ0n) is 8.56. The molecule has 0 amide bonds. The Balaban J connectivity index is 0.000000144. The first kappa shape index (κ1) is 10.7. The molecule has 3 rings (SSSR count). The molecular formula is C11H14BO3. The van der Waals surface area contributed by atoms with Gasteiger partial charge in [-0.05, 0) is 30.3 Å². The Hall–Kier alpha value is -0.835. The van der Waals surface area contributed by atoms with Crippen LogP contribution in [0.25, 0.3) is 0 Å². The predicted octanol–water partition coefficient (Wildman–Crippen LogP) is 1.65. The van der Waals surface area contributed by atoms with Gasteiger partial charge in [0.1, 0.15) is 0 Å². The van der Waals surface area contributed by atoms with Gasteiger partial charge in [0.25, 0.3) is 0 Å². The van der Waals surface area contributed by atoms with Crippen LogP contribution in [0.4, 0.5) is 0 Å². The maximum Gasteiger partial charge on any atom is 0.346 e. The summed E-state index contributed by atoms with van der Waals surface area (Å²) in [5, 5.41) is 9.38. The van der Waals surface area contributed by atoms with Crippen molar-refractivity contribution in [3.63, 3.8) is 0 Å². The molecule has 0 saturated carbocycles. The summed E-state index contributed by atoms with van der Waals surface area (Å²) in [6.45, 7) is 0.722. The van der Waals surface area contributed by atoms with Gasteiger partial charge >= 0.3 is 7.48 Å². The van der Waals surface area contributed by atoms with E-state index in [9.17, 15) is 5.11 Å². The fourth-order valence-electron chi connectivity index (χ4n) is 1.78. The molecule has 0 bridgehead atoms. The largest absolute Gasteiger partial charge is 0.388 e. The molecule has 4 heteroatoms. The Bertz CT molecular complexity index is 305. The van der Waals surface area contributed by atoms with Crippen molar-refractivity contribution in [3.8, 4) is 0 Å². The standard InChI is InChI=1S/C9H10O.C2H4BO2/c10-9-6-5-7-3-1-2-4-8(7)9;1-2-4-5-3-1/h1-4,9-10H,5-6H2;1-2H2. The minimum absolute atomic E-state index is 0.198. The van der Waals surface area contributed by atoms with E-state index >= 15 is 0 Å². The van der Waals surface area contributed by atoms with E-state index in [1.165, 1.54) is 5.56 Å². The van der Waals surface area contributed by atoms with Crippen LogP contribution in [0.1, 0.15) is 23.7 Å². The second-order valence-corrected chi connectivity index (χ2v) is 3.63. The summed E-state index contributed by atoms with van der Waals surface area (Å²) in [7, 11) is 1.64. The minimum Gasteiger partial charge on any atom is -0.388 e. The lowest BCUT2D eigenvalue weighted by Gasteiger charge is -2.00. The van der Waals surface area contributed by atoms with Crippen molar-refractivity contribution in [3.05, 3.63) is 35.4 Å². The number of aryl methyl sites for hydroxylation is 1. The third-order valence-corrected chi connectivity index (χ3v) is 2.56. The van der Waals surface area contributed by atoms with E-state index in [1.807, 2.05) is 18.2 Å². The van der Waals surface area contributed by atoms with Gasteiger partial charge in [0, 0.05) is 0 Å². The number of hydrogen-bond donors (Lipinski definition) is 1. The summed E-state index contributed by atoms with van der Waals surface area (Å²) < 4.78 is 0. The van der Waals surface area contributed by atoms with Crippen LogP contribution in [0, 0.1) is 0 Å². The molecule has 1 N–H and O–H groups in total. The van der Waals surface area contributed by atoms with Crippen LogP contribution in [0.3, 0.4) is 0 Å². The molecule has 1 heterocycles. The van der Waals surface area contributed by atoms with Crippen LogP contribution in [0.2, 0.25) is 6.32 Å². The third kappa shape index (κ3) is 2.81. The topological polar surface area (TPSA) is 38.7 Å². The van der Waals surface area contributed by atoms with Crippen molar-refractivity contribution in [1.29, 1.82) is 0 Å². The molecule has 15 heavy (non-hydrogen) atoms. The number of fused-ring (bicyclic) bond motifs is 1. The lowest BCUT2D eigenvalue weighted by atomic mass is 9.99. The molecule has 1 aromatic rings. The van der Waals surface area contributed by atoms with Crippen LogP contribution in [0.5, 0.6) is 0 Å². The van der Waals surface area contributed by atoms with Crippen molar-refractivity contribution in [2.45, 2.75) is 25.3 Å². The van der Waals surface area contributed by atoms with Crippen molar-refractivity contribution >= 4 is 7.48 Å². The highest BCUT2D eigenvalue weighted by Crippen LogP contribution is 2.29. The van der Waals surface area contributed by atoms with Gasteiger partial charge in [-0.25, -0.2) is 0 Å². The summed E-state index contributed by atoms with van der Waals surface area (Å²) in [5.74, 6) is 0. The van der Waals surface area contributed by atoms with Gasteiger partial charge in [-0.1, -0.05) is 24.3 Å². The monoisotopic (exact) mass is 205 g/mol. The summed E-state index contributed by atoms with van der Waals surface area (Å²) >= 11 is 0. The van der Waals surface area contributed by atoms with Crippen molar-refractivity contribution in [2.75, 3.05) is 6.61 Å². The lowest BCUT2D eigenvalue weighted by Crippen LogP contribution is -1.88. The highest BCUT2D eigenvalue weighted by Gasteiger charge is 2.18. The third-order valence-electron chi connectivity index (χ3n) is 2.56. The predicted molar refractivity (Wildman–Crippen MR) is 57.3 cm³/mol. The molecule has 3 nitrogen and oxygen atoms in total. The van der Waals surface area contributed by atoms with Gasteiger partial charge in [-0.3, -0.25) is 4.89 Å². The first-order valence-corrected chi connectivity index (χ1v) is 5.24. The molecule has 1 aromatic carbocycles. The zero-order valence-corrected chi connectivity index (χ0v) is 8.56. The summed E-state index contributed by atoms with van der Waals surface area (Å²) in [6.07, 6.45) is 2.67. The second kappa shape index (κ2) is 5.30. The lowest BCUT2D eigenvalue weighted by molar-refractivity contribution is -0.181. The summed E-state index contributed by atoms with van der Waals surface area (Å²) in [5.41, 5.74) is 2.44. The summed E-state index contributed by atoms with van der Waals surface area (Å²) in [4.78, 5) is 8.71. The van der Waals surface area contributed by atoms with Gasteiger partial charge in [0.05, 0.1) is 12.7 Å². The second-order valence-electron chi connectivity index (χ2n) is 3.63. The highest BCUT2D eigenvalue weighted by molar-refractivity contribution is 6.27. The minimum atomic E-state index is -0.198. The Morgan fingerprint density at radius 2 is 2.20 bits per heavy atom. The van der Waals surface area contributed by atoms with E-state index in [4.69, 9.17) is 0 Å². The van der Waals surface area contributed by atoms with Gasteiger partial charge in [0.2, 0.25) is 0 Å². The van der Waals surface area contributed by atoms with E-state index in [1.54, 1.807) is 7.48 Å². The van der Waals surface area contributed by atoms with E-state index in [0.29, 0.717) is 0 Å². The zero-order chi connectivity index (χ0) is 10.5. The Kier molecular flexibility index (Phi) is 3.77. The fourth-order valence-corrected chi connectivity index (χ4v) is 1.78. The Labute approximate surface area is 90.2 Å². The normalized spacial score (nSPS) is 22.6. The average molecular weight is 205 g/mol. The van der Waals surface area contributed by atoms with Crippen LogP contribution < -0.4 is 0 Å². The van der Waals surface area contributed by atoms with Crippen molar-refractivity contribution in [2.24, 2.45) is 0 Å². The Morgan fingerprint density at radius 3 is 2.80 bits per heavy atom. The number of aliphatic hydroxyl groups excluding tert-OH is 1. The molecule has 79 valence electrons. The van der Waals surface area contributed by atoms with Gasteiger partial charge in [-0.15, -0.1) is 0 Å². The molecule has 1 atom stereocenters. The molecule has 1 saturated heterocycles. The first-order chi connectivity index (χ1) is 7.38. The molecule has 0 aromatic heterocycles. The molecule has 2 aliphatic rings. The maximum atomic E-state index is 9.38. The van der Waals surface area contributed by atoms with Crippen LogP contribution in [-0.2, 0) is 16.1 Å². The van der Waals surface area contributed by atoms with E-state index in [-0.39, 0.29) is 6.10 Å². The SMILES string of the molecule is OC1CCc2ccccc21.[B]1CCOO1. The molecule has 1 radical (unpaired) electrons. The molecule has 1 aliphatic heterocycles. The van der Waals surface area contributed by atoms with Gasteiger partial charge in [0.15, 0.2) is 0 Å². The van der Waals surface area contributed by atoms with Crippen molar-refractivity contribution in [1.82, 2.24) is 0 Å². The number of hydrogen-bond acceptors (Lipinski definition) is 3. The molecular weight excluding hydrogens is 191 g/mol. The molecule has 1 fully saturated rings. The van der Waals surface area contributed by atoms with Crippen LogP contribution in [-0.4, -0.2) is 19.2 Å². The van der Waals surface area contributed by atoms with E-state index in [0.717, 1.165) is 31.3 Å². The summed E-state index contributed by atoms with van der Waals surface area (Å²) in [6, 6.07) is 8.10. The van der Waals surface area contributed by atoms with E-state index in [2.05, 4.69) is 15.8 Å². The number of aliphatic hydroxyl groups is 1. The van der Waals surface area contributed by atoms with Gasteiger partial charge in [-0.2, -0.15) is 0 Å². The number of rotatable bonds is 0. The smallest absolute Gasteiger partial charge is 0.346 e. The Morgan fingerprint density at radius 1 is 1.33 bits per heavy atom. The van der Waals surface area contributed by atoms with Crippen LogP contribution in [0.15, 0.2) is 24.3 Å². The average Bonchev–Trinajstić information content (AvgIpc) is 2.92. The quantitative estimate of drug-likeness (QED) is 0.517. The maximum absolute atomic E-state index is 9.38. The van der Waals surface area contributed by atoms with E-state index < -0.39 is 0 Å². The molecule has 0 spiro atoms.